The van der Waals surface area contributed by atoms with E-state index >= 15 is 0 Å². The van der Waals surface area contributed by atoms with Gasteiger partial charge in [-0.25, -0.2) is 4.98 Å². The fraction of sp³-hybridized carbons (Fsp3) is 0.429. The molecule has 0 aliphatic rings. The van der Waals surface area contributed by atoms with Gasteiger partial charge < -0.3 is 9.88 Å². The highest BCUT2D eigenvalue weighted by molar-refractivity contribution is 5.97. The monoisotopic (exact) mass is 245 g/mol. The van der Waals surface area contributed by atoms with E-state index in [4.69, 9.17) is 0 Å². The van der Waals surface area contributed by atoms with E-state index in [-0.39, 0.29) is 11.9 Å². The first-order valence-corrected chi connectivity index (χ1v) is 6.33. The minimum atomic E-state index is -0.0245. The number of carbonyl (C=O) groups excluding carboxylic acids is 1. The van der Waals surface area contributed by atoms with Gasteiger partial charge in [0.15, 0.2) is 0 Å². The molecule has 1 atom stereocenters. The third-order valence-corrected chi connectivity index (χ3v) is 3.09. The van der Waals surface area contributed by atoms with Gasteiger partial charge in [0.25, 0.3) is 5.91 Å². The van der Waals surface area contributed by atoms with Gasteiger partial charge in [-0.1, -0.05) is 13.3 Å². The summed E-state index contributed by atoms with van der Waals surface area (Å²) >= 11 is 0. The van der Waals surface area contributed by atoms with Crippen LogP contribution in [-0.4, -0.2) is 21.5 Å². The van der Waals surface area contributed by atoms with Crippen LogP contribution >= 0.6 is 0 Å². The number of aromatic nitrogens is 2. The number of benzene rings is 1. The van der Waals surface area contributed by atoms with Crippen molar-refractivity contribution < 1.29 is 4.79 Å². The molecule has 1 aromatic heterocycles. The van der Waals surface area contributed by atoms with Gasteiger partial charge in [-0.2, -0.15) is 0 Å². The maximum Gasteiger partial charge on any atom is 0.251 e. The molecule has 1 N–H and O–H groups in total. The van der Waals surface area contributed by atoms with Crippen LogP contribution < -0.4 is 5.32 Å². The van der Waals surface area contributed by atoms with E-state index in [1.54, 1.807) is 6.33 Å². The molecule has 18 heavy (non-hydrogen) atoms. The van der Waals surface area contributed by atoms with Gasteiger partial charge in [-0.15, -0.1) is 0 Å². The highest BCUT2D eigenvalue weighted by atomic mass is 16.1. The normalized spacial score (nSPS) is 12.6. The summed E-state index contributed by atoms with van der Waals surface area (Å²) in [4.78, 5) is 16.3. The molecule has 0 spiro atoms. The lowest BCUT2D eigenvalue weighted by Crippen LogP contribution is -2.32. The molecule has 2 aromatic rings. The van der Waals surface area contributed by atoms with E-state index in [0.717, 1.165) is 23.9 Å². The molecule has 2 rings (SSSR count). The summed E-state index contributed by atoms with van der Waals surface area (Å²) in [5.41, 5.74) is 2.56. The van der Waals surface area contributed by atoms with Crippen molar-refractivity contribution in [2.45, 2.75) is 32.7 Å². The van der Waals surface area contributed by atoms with Crippen molar-refractivity contribution in [1.82, 2.24) is 14.9 Å². The van der Waals surface area contributed by atoms with Gasteiger partial charge in [-0.3, -0.25) is 4.79 Å². The highest BCUT2D eigenvalue weighted by Crippen LogP contribution is 2.14. The van der Waals surface area contributed by atoms with Crippen LogP contribution in [0.15, 0.2) is 24.5 Å². The molecule has 0 saturated carbocycles. The zero-order chi connectivity index (χ0) is 13.1. The number of carbonyl (C=O) groups is 1. The molecule has 1 aromatic carbocycles. The maximum absolute atomic E-state index is 12.0. The standard InChI is InChI=1S/C14H19N3O/c1-4-5-10(2)16-14(18)11-6-7-13-12(8-11)15-9-17(13)3/h6-10H,4-5H2,1-3H3,(H,16,18)/t10-/m0/s1. The van der Waals surface area contributed by atoms with Gasteiger partial charge in [-0.05, 0) is 31.5 Å². The van der Waals surface area contributed by atoms with Crippen LogP contribution in [0.25, 0.3) is 11.0 Å². The van der Waals surface area contributed by atoms with Gasteiger partial charge >= 0.3 is 0 Å². The average Bonchev–Trinajstić information content (AvgIpc) is 2.71. The maximum atomic E-state index is 12.0. The number of rotatable bonds is 4. The molecule has 1 heterocycles. The van der Waals surface area contributed by atoms with Crippen LogP contribution in [0.5, 0.6) is 0 Å². The summed E-state index contributed by atoms with van der Waals surface area (Å²) in [6.07, 6.45) is 3.82. The van der Waals surface area contributed by atoms with Gasteiger partial charge in [0, 0.05) is 18.7 Å². The van der Waals surface area contributed by atoms with E-state index < -0.39 is 0 Å². The van der Waals surface area contributed by atoms with Gasteiger partial charge in [0.1, 0.15) is 0 Å². The Bertz CT molecular complexity index is 559. The third-order valence-electron chi connectivity index (χ3n) is 3.09. The molecule has 0 saturated heterocycles. The van der Waals surface area contributed by atoms with E-state index in [0.29, 0.717) is 5.56 Å². The molecule has 0 fully saturated rings. The topological polar surface area (TPSA) is 46.9 Å². The van der Waals surface area contributed by atoms with E-state index in [9.17, 15) is 4.79 Å². The smallest absolute Gasteiger partial charge is 0.251 e. The predicted molar refractivity (Wildman–Crippen MR) is 72.6 cm³/mol. The zero-order valence-corrected chi connectivity index (χ0v) is 11.1. The summed E-state index contributed by atoms with van der Waals surface area (Å²) in [5, 5.41) is 3.00. The lowest BCUT2D eigenvalue weighted by Gasteiger charge is -2.12. The Hall–Kier alpha value is -1.84. The first kappa shape index (κ1) is 12.6. The van der Waals surface area contributed by atoms with E-state index in [2.05, 4.69) is 17.2 Å². The van der Waals surface area contributed by atoms with Gasteiger partial charge in [0.2, 0.25) is 0 Å². The van der Waals surface area contributed by atoms with E-state index in [1.165, 1.54) is 0 Å². The Morgan fingerprint density at radius 3 is 3.00 bits per heavy atom. The minimum Gasteiger partial charge on any atom is -0.350 e. The van der Waals surface area contributed by atoms with Crippen molar-refractivity contribution in [1.29, 1.82) is 0 Å². The lowest BCUT2D eigenvalue weighted by molar-refractivity contribution is 0.0938. The molecular formula is C14H19N3O. The van der Waals surface area contributed by atoms with Crippen LogP contribution in [0.3, 0.4) is 0 Å². The summed E-state index contributed by atoms with van der Waals surface area (Å²) in [5.74, 6) is -0.0245. The van der Waals surface area contributed by atoms with Crippen LogP contribution in [0.4, 0.5) is 0 Å². The first-order chi connectivity index (χ1) is 8.61. The third kappa shape index (κ3) is 2.53. The van der Waals surface area contributed by atoms with Crippen LogP contribution in [-0.2, 0) is 7.05 Å². The number of nitrogens with one attached hydrogen (secondary N) is 1. The van der Waals surface area contributed by atoms with Crippen molar-refractivity contribution >= 4 is 16.9 Å². The summed E-state index contributed by atoms with van der Waals surface area (Å²) in [6, 6.07) is 5.82. The number of imidazole rings is 1. The first-order valence-electron chi connectivity index (χ1n) is 6.33. The molecule has 4 nitrogen and oxygen atoms in total. The van der Waals surface area contributed by atoms with Gasteiger partial charge in [0.05, 0.1) is 17.4 Å². The predicted octanol–water partition coefficient (Wildman–Crippen LogP) is 2.49. The largest absolute Gasteiger partial charge is 0.350 e. The molecule has 0 bridgehead atoms. The average molecular weight is 245 g/mol. The van der Waals surface area contributed by atoms with Crippen LogP contribution in [0.2, 0.25) is 0 Å². The fourth-order valence-corrected chi connectivity index (χ4v) is 2.09. The number of amides is 1. The van der Waals surface area contributed by atoms with Crippen molar-refractivity contribution in [2.75, 3.05) is 0 Å². The Morgan fingerprint density at radius 1 is 1.50 bits per heavy atom. The molecular weight excluding hydrogens is 226 g/mol. The Morgan fingerprint density at radius 2 is 2.28 bits per heavy atom. The molecule has 1 amide bonds. The number of fused-ring (bicyclic) bond motifs is 1. The van der Waals surface area contributed by atoms with Crippen molar-refractivity contribution in [3.8, 4) is 0 Å². The number of nitrogens with zero attached hydrogens (tertiary/aromatic N) is 2. The number of hydrogen-bond donors (Lipinski definition) is 1. The number of aryl methyl sites for hydroxylation is 1. The minimum absolute atomic E-state index is 0.0245. The van der Waals surface area contributed by atoms with Crippen LogP contribution in [0, 0.1) is 0 Å². The molecule has 0 aliphatic heterocycles. The second-order valence-corrected chi connectivity index (χ2v) is 4.72. The summed E-state index contributed by atoms with van der Waals surface area (Å²) < 4.78 is 1.94. The molecule has 0 aliphatic carbocycles. The summed E-state index contributed by atoms with van der Waals surface area (Å²) in [7, 11) is 1.94. The Balaban J connectivity index is 2.18. The van der Waals surface area contributed by atoms with Crippen molar-refractivity contribution in [3.05, 3.63) is 30.1 Å². The Labute approximate surface area is 107 Å². The van der Waals surface area contributed by atoms with E-state index in [1.807, 2.05) is 36.7 Å². The molecule has 96 valence electrons. The Kier molecular flexibility index (Phi) is 3.65. The highest BCUT2D eigenvalue weighted by Gasteiger charge is 2.10. The second kappa shape index (κ2) is 5.21. The fourth-order valence-electron chi connectivity index (χ4n) is 2.09. The zero-order valence-electron chi connectivity index (χ0n) is 11.1. The number of hydrogen-bond acceptors (Lipinski definition) is 2. The summed E-state index contributed by atoms with van der Waals surface area (Å²) in [6.45, 7) is 4.14. The van der Waals surface area contributed by atoms with Crippen LogP contribution in [0.1, 0.15) is 37.0 Å². The molecule has 0 unspecified atom stereocenters. The SMILES string of the molecule is CCC[C@H](C)NC(=O)c1ccc2c(c1)ncn2C. The molecule has 4 heteroatoms. The second-order valence-electron chi connectivity index (χ2n) is 4.72. The van der Waals surface area contributed by atoms with Crippen molar-refractivity contribution in [2.24, 2.45) is 7.05 Å². The molecule has 0 radical (unpaired) electrons. The quantitative estimate of drug-likeness (QED) is 0.899. The lowest BCUT2D eigenvalue weighted by atomic mass is 10.1. The van der Waals surface area contributed by atoms with Crippen molar-refractivity contribution in [3.63, 3.8) is 0 Å².